The molecule has 0 radical (unpaired) electrons. The van der Waals surface area contributed by atoms with Gasteiger partial charge in [0.25, 0.3) is 5.91 Å². The van der Waals surface area contributed by atoms with Crippen molar-refractivity contribution in [2.45, 2.75) is 19.4 Å². The van der Waals surface area contributed by atoms with Crippen LogP contribution in [0.15, 0.2) is 29.3 Å². The molecule has 1 aromatic rings. The van der Waals surface area contributed by atoms with E-state index in [-0.39, 0.29) is 38.1 Å². The van der Waals surface area contributed by atoms with Crippen LogP contribution in [0, 0.1) is 0 Å². The van der Waals surface area contributed by atoms with Gasteiger partial charge in [-0.25, -0.2) is 9.59 Å². The number of benzene rings is 1. The highest BCUT2D eigenvalue weighted by molar-refractivity contribution is 8.04. The van der Waals surface area contributed by atoms with Gasteiger partial charge in [0.05, 0.1) is 23.5 Å². The molecule has 4 rings (SSSR count). The van der Waals surface area contributed by atoms with Crippen molar-refractivity contribution in [1.82, 2.24) is 15.1 Å². The number of fused-ring (bicyclic) bond motifs is 1. The van der Waals surface area contributed by atoms with E-state index in [0.717, 1.165) is 4.90 Å². The number of nitrogens with one attached hydrogen (secondary N) is 1. The molecule has 3 aliphatic rings. The molecule has 2 saturated heterocycles. The molecule has 3 aliphatic heterocycles. The van der Waals surface area contributed by atoms with Crippen LogP contribution in [0.1, 0.15) is 19.4 Å². The number of amides is 4. The molecule has 1 N–H and O–H groups in total. The zero-order valence-corrected chi connectivity index (χ0v) is 17.8. The van der Waals surface area contributed by atoms with Gasteiger partial charge in [0.1, 0.15) is 5.54 Å². The van der Waals surface area contributed by atoms with E-state index in [4.69, 9.17) is 14.2 Å². The fourth-order valence-electron chi connectivity index (χ4n) is 3.56. The normalized spacial score (nSPS) is 23.7. The minimum atomic E-state index is -1.27. The third-order valence-electron chi connectivity index (χ3n) is 5.21. The number of thioether (sulfide) groups is 1. The Bertz CT molecular complexity index is 995. The number of ether oxygens (including phenoxy) is 3. The van der Waals surface area contributed by atoms with Gasteiger partial charge in [-0.05, 0) is 31.5 Å². The zero-order valence-electron chi connectivity index (χ0n) is 17.0. The molecule has 31 heavy (non-hydrogen) atoms. The molecule has 0 saturated carbocycles. The summed E-state index contributed by atoms with van der Waals surface area (Å²) in [6, 6.07) is 4.51. The third-order valence-corrected chi connectivity index (χ3v) is 6.24. The summed E-state index contributed by atoms with van der Waals surface area (Å²) in [5, 5.41) is 3.17. The molecule has 3 heterocycles. The maximum atomic E-state index is 13.1. The van der Waals surface area contributed by atoms with Crippen molar-refractivity contribution in [2.75, 3.05) is 32.2 Å². The highest BCUT2D eigenvalue weighted by atomic mass is 32.2. The summed E-state index contributed by atoms with van der Waals surface area (Å²) in [6.07, 6.45) is 1.25. The molecule has 2 fully saturated rings. The average Bonchev–Trinajstić information content (AvgIpc) is 3.39. The number of hydrogen-bond donors (Lipinski definition) is 1. The largest absolute Gasteiger partial charge is 0.463 e. The van der Waals surface area contributed by atoms with E-state index >= 15 is 0 Å². The summed E-state index contributed by atoms with van der Waals surface area (Å²) in [7, 11) is 0. The molecule has 0 aromatic heterocycles. The fraction of sp³-hybridized carbons (Fsp3) is 0.400. The molecule has 1 atom stereocenters. The van der Waals surface area contributed by atoms with Crippen molar-refractivity contribution in [3.05, 3.63) is 34.9 Å². The third kappa shape index (κ3) is 3.80. The van der Waals surface area contributed by atoms with Crippen LogP contribution in [0.3, 0.4) is 0 Å². The Morgan fingerprint density at radius 3 is 2.74 bits per heavy atom. The number of carbonyl (C=O) groups is 4. The van der Waals surface area contributed by atoms with Crippen LogP contribution < -0.4 is 14.8 Å². The minimum Gasteiger partial charge on any atom is -0.463 e. The summed E-state index contributed by atoms with van der Waals surface area (Å²) in [4.78, 5) is 52.2. The van der Waals surface area contributed by atoms with Crippen molar-refractivity contribution in [3.63, 3.8) is 0 Å². The Balaban J connectivity index is 1.48. The highest BCUT2D eigenvalue weighted by Crippen LogP contribution is 2.38. The first-order valence-electron chi connectivity index (χ1n) is 9.69. The molecule has 4 amide bonds. The van der Waals surface area contributed by atoms with Gasteiger partial charge < -0.3 is 24.4 Å². The number of nitrogens with zero attached hydrogens (tertiary/aromatic N) is 2. The van der Waals surface area contributed by atoms with Crippen molar-refractivity contribution in [1.29, 1.82) is 0 Å². The van der Waals surface area contributed by atoms with Crippen LogP contribution in [-0.2, 0) is 24.7 Å². The van der Waals surface area contributed by atoms with Gasteiger partial charge in [-0.3, -0.25) is 14.5 Å². The van der Waals surface area contributed by atoms with Gasteiger partial charge in [-0.15, -0.1) is 0 Å². The predicted molar refractivity (Wildman–Crippen MR) is 109 cm³/mol. The van der Waals surface area contributed by atoms with E-state index in [1.54, 1.807) is 32.0 Å². The molecule has 0 spiro atoms. The molecule has 1 unspecified atom stereocenters. The van der Waals surface area contributed by atoms with Gasteiger partial charge in [0.15, 0.2) is 11.5 Å². The zero-order chi connectivity index (χ0) is 22.2. The Labute approximate surface area is 182 Å². The van der Waals surface area contributed by atoms with Gasteiger partial charge >= 0.3 is 12.0 Å². The standard InChI is InChI=1S/C20H21N3O7S/c1-3-28-17(25)9-16-22(15(24)10-31-16)6-7-23-18(26)20(2,21-19(23)27)12-4-5-13-14(8-12)30-11-29-13/h4-5,8-9H,3,6-7,10-11H2,1-2H3,(H,21,27). The first kappa shape index (κ1) is 21.0. The smallest absolute Gasteiger partial charge is 0.333 e. The van der Waals surface area contributed by atoms with Crippen molar-refractivity contribution >= 4 is 35.6 Å². The number of rotatable bonds is 6. The maximum absolute atomic E-state index is 13.1. The minimum absolute atomic E-state index is 0.0166. The lowest BCUT2D eigenvalue weighted by Gasteiger charge is -2.23. The van der Waals surface area contributed by atoms with Crippen LogP contribution in [-0.4, -0.2) is 65.9 Å². The summed E-state index contributed by atoms with van der Waals surface area (Å²) in [6.45, 7) is 3.70. The lowest BCUT2D eigenvalue weighted by atomic mass is 9.91. The van der Waals surface area contributed by atoms with E-state index in [2.05, 4.69) is 5.32 Å². The van der Waals surface area contributed by atoms with Crippen LogP contribution >= 0.6 is 11.8 Å². The Morgan fingerprint density at radius 2 is 1.97 bits per heavy atom. The Hall–Kier alpha value is -3.21. The number of imide groups is 1. The van der Waals surface area contributed by atoms with Gasteiger partial charge in [-0.2, -0.15) is 0 Å². The van der Waals surface area contributed by atoms with Crippen LogP contribution in [0.2, 0.25) is 0 Å². The molecule has 0 aliphatic carbocycles. The monoisotopic (exact) mass is 447 g/mol. The molecular weight excluding hydrogens is 426 g/mol. The van der Waals surface area contributed by atoms with Gasteiger partial charge in [0.2, 0.25) is 12.7 Å². The fourth-order valence-corrected chi connectivity index (χ4v) is 4.51. The van der Waals surface area contributed by atoms with Crippen molar-refractivity contribution in [2.24, 2.45) is 0 Å². The average molecular weight is 447 g/mol. The van der Waals surface area contributed by atoms with E-state index < -0.39 is 23.4 Å². The summed E-state index contributed by atoms with van der Waals surface area (Å²) >= 11 is 1.21. The van der Waals surface area contributed by atoms with Crippen molar-refractivity contribution in [3.8, 4) is 11.5 Å². The molecule has 10 nitrogen and oxygen atoms in total. The maximum Gasteiger partial charge on any atom is 0.333 e. The van der Waals surface area contributed by atoms with E-state index in [1.807, 2.05) is 0 Å². The topological polar surface area (TPSA) is 114 Å². The van der Waals surface area contributed by atoms with Gasteiger partial charge in [-0.1, -0.05) is 17.8 Å². The van der Waals surface area contributed by atoms with E-state index in [1.165, 1.54) is 22.7 Å². The predicted octanol–water partition coefficient (Wildman–Crippen LogP) is 1.16. The molecule has 1 aromatic carbocycles. The Kier molecular flexibility index (Phi) is 5.52. The summed E-state index contributed by atoms with van der Waals surface area (Å²) < 4.78 is 15.6. The van der Waals surface area contributed by atoms with Crippen LogP contribution in [0.5, 0.6) is 11.5 Å². The Morgan fingerprint density at radius 1 is 1.23 bits per heavy atom. The second kappa shape index (κ2) is 8.14. The lowest BCUT2D eigenvalue weighted by molar-refractivity contribution is -0.137. The van der Waals surface area contributed by atoms with Crippen LogP contribution in [0.25, 0.3) is 0 Å². The first-order valence-corrected chi connectivity index (χ1v) is 10.7. The van der Waals surface area contributed by atoms with E-state index in [0.29, 0.717) is 22.1 Å². The number of hydrogen-bond acceptors (Lipinski definition) is 8. The van der Waals surface area contributed by atoms with Crippen LogP contribution in [0.4, 0.5) is 4.79 Å². The number of carbonyl (C=O) groups excluding carboxylic acids is 4. The molecule has 11 heteroatoms. The number of urea groups is 1. The van der Waals surface area contributed by atoms with E-state index in [9.17, 15) is 19.2 Å². The van der Waals surface area contributed by atoms with Gasteiger partial charge in [0, 0.05) is 13.1 Å². The second-order valence-electron chi connectivity index (χ2n) is 7.15. The summed E-state index contributed by atoms with van der Waals surface area (Å²) in [5.41, 5.74) is -0.709. The quantitative estimate of drug-likeness (QED) is 0.393. The first-order chi connectivity index (χ1) is 14.8. The number of esters is 1. The molecule has 0 bridgehead atoms. The lowest BCUT2D eigenvalue weighted by Crippen LogP contribution is -2.42. The molecular formula is C20H21N3O7S. The van der Waals surface area contributed by atoms with Crippen molar-refractivity contribution < 1.29 is 33.4 Å². The molecule has 164 valence electrons. The second-order valence-corrected chi connectivity index (χ2v) is 8.14. The highest BCUT2D eigenvalue weighted by Gasteiger charge is 2.49. The SMILES string of the molecule is CCOC(=O)C=C1SCC(=O)N1CCN1C(=O)NC(C)(c2ccc3c(c2)OCO3)C1=O. The summed E-state index contributed by atoms with van der Waals surface area (Å²) in [5.74, 6) is 0.0766.